The summed E-state index contributed by atoms with van der Waals surface area (Å²) in [6, 6.07) is 6.45. The van der Waals surface area contributed by atoms with Crippen LogP contribution in [0, 0.1) is 0 Å². The first-order valence-corrected chi connectivity index (χ1v) is 5.51. The van der Waals surface area contributed by atoms with E-state index in [0.717, 1.165) is 6.08 Å². The van der Waals surface area contributed by atoms with Gasteiger partial charge in [0.25, 0.3) is 0 Å². The Kier molecular flexibility index (Phi) is 2.82. The van der Waals surface area contributed by atoms with Crippen LogP contribution < -0.4 is 0 Å². The zero-order valence-electron chi connectivity index (χ0n) is 7.84. The van der Waals surface area contributed by atoms with Gasteiger partial charge in [-0.1, -0.05) is 59.1 Å². The summed E-state index contributed by atoms with van der Waals surface area (Å²) in [5.74, 6) is -0.744. The molecule has 1 aliphatic carbocycles. The van der Waals surface area contributed by atoms with E-state index >= 15 is 0 Å². The fraction of sp³-hybridized carbons (Fsp3) is 0.0909. The Morgan fingerprint density at radius 1 is 0.938 bits per heavy atom. The molecule has 82 valence electrons. The van der Waals surface area contributed by atoms with E-state index in [-0.39, 0.29) is 16.9 Å². The monoisotopic (exact) mass is 274 g/mol. The Labute approximate surface area is 107 Å². The highest BCUT2D eigenvalue weighted by Gasteiger charge is 2.36. The molecule has 5 heteroatoms. The lowest BCUT2D eigenvalue weighted by atomic mass is 9.90. The number of hydrogen-bond acceptors (Lipinski definition) is 2. The van der Waals surface area contributed by atoms with E-state index in [0.29, 0.717) is 5.56 Å². The van der Waals surface area contributed by atoms with Crippen molar-refractivity contribution in [1.29, 1.82) is 0 Å². The van der Waals surface area contributed by atoms with E-state index in [2.05, 4.69) is 0 Å². The van der Waals surface area contributed by atoms with Gasteiger partial charge in [-0.05, 0) is 6.08 Å². The van der Waals surface area contributed by atoms with Crippen molar-refractivity contribution in [2.45, 2.75) is 3.79 Å². The van der Waals surface area contributed by atoms with E-state index in [1.807, 2.05) is 0 Å². The molecule has 0 aromatic heterocycles. The van der Waals surface area contributed by atoms with Gasteiger partial charge >= 0.3 is 0 Å². The minimum Gasteiger partial charge on any atom is -0.289 e. The van der Waals surface area contributed by atoms with Gasteiger partial charge in [0.2, 0.25) is 3.79 Å². The lowest BCUT2D eigenvalue weighted by Gasteiger charge is -2.19. The molecule has 0 saturated carbocycles. The van der Waals surface area contributed by atoms with E-state index in [1.54, 1.807) is 24.3 Å². The molecule has 0 spiro atoms. The minimum atomic E-state index is -1.87. The summed E-state index contributed by atoms with van der Waals surface area (Å²) in [5, 5.41) is 0. The van der Waals surface area contributed by atoms with Gasteiger partial charge in [-0.3, -0.25) is 9.59 Å². The number of Topliss-reactive ketones (excluding diaryl/α,β-unsaturated/α-hetero) is 1. The van der Waals surface area contributed by atoms with Gasteiger partial charge in [-0.15, -0.1) is 0 Å². The minimum absolute atomic E-state index is 0.110. The van der Waals surface area contributed by atoms with Gasteiger partial charge in [-0.25, -0.2) is 0 Å². The Balaban J connectivity index is 2.61. The third-order valence-corrected chi connectivity index (χ3v) is 2.87. The van der Waals surface area contributed by atoms with Crippen molar-refractivity contribution in [1.82, 2.24) is 0 Å². The van der Waals surface area contributed by atoms with E-state index < -0.39 is 9.58 Å². The molecule has 0 fully saturated rings. The number of benzene rings is 1. The van der Waals surface area contributed by atoms with Gasteiger partial charge in [0, 0.05) is 11.1 Å². The summed E-state index contributed by atoms with van der Waals surface area (Å²) >= 11 is 16.9. The van der Waals surface area contributed by atoms with Gasteiger partial charge in [0.1, 0.15) is 0 Å². The second-order valence-corrected chi connectivity index (χ2v) is 5.58. The average molecular weight is 276 g/mol. The fourth-order valence-corrected chi connectivity index (χ4v) is 1.95. The van der Waals surface area contributed by atoms with Crippen LogP contribution in [0.3, 0.4) is 0 Å². The molecule has 0 unspecified atom stereocenters. The zero-order valence-corrected chi connectivity index (χ0v) is 10.1. The van der Waals surface area contributed by atoms with Crippen molar-refractivity contribution in [3.8, 4) is 0 Å². The van der Waals surface area contributed by atoms with Crippen LogP contribution in [-0.2, 0) is 0 Å². The first-order chi connectivity index (χ1) is 7.41. The third kappa shape index (κ3) is 1.88. The lowest BCUT2D eigenvalue weighted by molar-refractivity contribution is 0.0983. The van der Waals surface area contributed by atoms with Gasteiger partial charge < -0.3 is 0 Å². The highest BCUT2D eigenvalue weighted by Crippen LogP contribution is 2.38. The van der Waals surface area contributed by atoms with Crippen molar-refractivity contribution >= 4 is 46.4 Å². The first-order valence-electron chi connectivity index (χ1n) is 4.38. The number of rotatable bonds is 0. The number of ketones is 2. The van der Waals surface area contributed by atoms with Crippen LogP contribution >= 0.6 is 34.8 Å². The maximum absolute atomic E-state index is 11.9. The van der Waals surface area contributed by atoms with E-state index in [4.69, 9.17) is 34.8 Å². The SMILES string of the molecule is O=C1C=C(C(Cl)(Cl)Cl)C(=O)c2ccccc21. The van der Waals surface area contributed by atoms with Crippen LogP contribution in [0.5, 0.6) is 0 Å². The second kappa shape index (κ2) is 3.88. The van der Waals surface area contributed by atoms with Crippen LogP contribution in [0.4, 0.5) is 0 Å². The summed E-state index contributed by atoms with van der Waals surface area (Å²) in [6.45, 7) is 0. The van der Waals surface area contributed by atoms with Crippen molar-refractivity contribution in [3.63, 3.8) is 0 Å². The van der Waals surface area contributed by atoms with Crippen LogP contribution in [0.15, 0.2) is 35.9 Å². The summed E-state index contributed by atoms with van der Waals surface area (Å²) < 4.78 is -1.87. The molecule has 0 heterocycles. The smallest absolute Gasteiger partial charge is 0.219 e. The average Bonchev–Trinajstić information content (AvgIpc) is 2.22. The Morgan fingerprint density at radius 3 is 2.06 bits per heavy atom. The number of carbonyl (C=O) groups is 2. The molecule has 0 bridgehead atoms. The number of halogens is 3. The normalized spacial score (nSPS) is 15.8. The maximum Gasteiger partial charge on any atom is 0.219 e. The maximum atomic E-state index is 11.9. The molecule has 1 aliphatic rings. The summed E-state index contributed by atoms with van der Waals surface area (Å²) in [6.07, 6.45) is 1.08. The molecule has 0 aliphatic heterocycles. The first kappa shape index (κ1) is 11.6. The molecule has 2 nitrogen and oxygen atoms in total. The standard InChI is InChI=1S/C11H5Cl3O2/c12-11(13,14)8-5-9(15)6-3-1-2-4-7(6)10(8)16/h1-5H. The fourth-order valence-electron chi connectivity index (χ4n) is 1.53. The van der Waals surface area contributed by atoms with Crippen LogP contribution in [0.1, 0.15) is 20.7 Å². The molecule has 1 aromatic rings. The Hall–Kier alpha value is -0.830. The summed E-state index contributed by atoms with van der Waals surface area (Å²) in [4.78, 5) is 23.6. The largest absolute Gasteiger partial charge is 0.289 e. The molecular formula is C11H5Cl3O2. The number of alkyl halides is 3. The highest BCUT2D eigenvalue weighted by molar-refractivity contribution is 6.71. The molecule has 16 heavy (non-hydrogen) atoms. The van der Waals surface area contributed by atoms with E-state index in [9.17, 15) is 9.59 Å². The van der Waals surface area contributed by atoms with Crippen molar-refractivity contribution in [2.75, 3.05) is 0 Å². The predicted molar refractivity (Wildman–Crippen MR) is 63.5 cm³/mol. The number of fused-ring (bicyclic) bond motifs is 1. The van der Waals surface area contributed by atoms with E-state index in [1.165, 1.54) is 0 Å². The van der Waals surface area contributed by atoms with Gasteiger partial charge in [-0.2, -0.15) is 0 Å². The molecule has 0 saturated heterocycles. The summed E-state index contributed by atoms with van der Waals surface area (Å²) in [5.41, 5.74) is 0.503. The number of allylic oxidation sites excluding steroid dienone is 2. The van der Waals surface area contributed by atoms with Gasteiger partial charge in [0.05, 0.1) is 5.57 Å². The number of carbonyl (C=O) groups excluding carboxylic acids is 2. The molecule has 0 radical (unpaired) electrons. The molecular weight excluding hydrogens is 270 g/mol. The lowest BCUT2D eigenvalue weighted by Crippen LogP contribution is -2.24. The van der Waals surface area contributed by atoms with Crippen molar-refractivity contribution in [3.05, 3.63) is 47.0 Å². The second-order valence-electron chi connectivity index (χ2n) is 3.29. The molecule has 1 aromatic carbocycles. The Bertz CT molecular complexity index is 512. The van der Waals surface area contributed by atoms with Crippen molar-refractivity contribution in [2.24, 2.45) is 0 Å². The predicted octanol–water partition coefficient (Wildman–Crippen LogP) is 3.36. The number of hydrogen-bond donors (Lipinski definition) is 0. The third-order valence-electron chi connectivity index (χ3n) is 2.26. The van der Waals surface area contributed by atoms with Crippen LogP contribution in [0.25, 0.3) is 0 Å². The highest BCUT2D eigenvalue weighted by atomic mass is 35.6. The molecule has 0 N–H and O–H groups in total. The van der Waals surface area contributed by atoms with Crippen molar-refractivity contribution < 1.29 is 9.59 Å². The van der Waals surface area contributed by atoms with Crippen LogP contribution in [0.2, 0.25) is 0 Å². The Morgan fingerprint density at radius 2 is 1.50 bits per heavy atom. The molecule has 0 amide bonds. The van der Waals surface area contributed by atoms with Gasteiger partial charge in [0.15, 0.2) is 11.6 Å². The quantitative estimate of drug-likeness (QED) is 0.680. The topological polar surface area (TPSA) is 34.1 Å². The van der Waals surface area contributed by atoms with Crippen LogP contribution in [-0.4, -0.2) is 15.4 Å². The zero-order chi connectivity index (χ0) is 11.9. The molecule has 0 atom stereocenters. The molecule has 2 rings (SSSR count). The summed E-state index contributed by atoms with van der Waals surface area (Å²) in [7, 11) is 0.